The zero-order valence-corrected chi connectivity index (χ0v) is 16.5. The number of ether oxygens (including phenoxy) is 2. The molecule has 8 heteroatoms. The lowest BCUT2D eigenvalue weighted by atomic mass is 10.2. The standard InChI is InChI=1S/C19H19ClN4O2S/c1-3-25-18-10-15(11-21-24-13(2)22-23-19(24)27)6-9-17(18)26-12-14-4-7-16(20)8-5-14/h4-11H,3,12H2,1-2H3,(H,23,27)/b21-11+. The first-order valence-corrected chi connectivity index (χ1v) is 9.18. The van der Waals surface area contributed by atoms with Crippen molar-refractivity contribution < 1.29 is 9.47 Å². The Morgan fingerprint density at radius 3 is 2.63 bits per heavy atom. The normalized spacial score (nSPS) is 11.1. The Labute approximate surface area is 167 Å². The van der Waals surface area contributed by atoms with Gasteiger partial charge in [-0.05, 0) is 67.5 Å². The third-order valence-corrected chi connectivity index (χ3v) is 4.23. The van der Waals surface area contributed by atoms with E-state index in [0.29, 0.717) is 40.3 Å². The molecule has 0 saturated heterocycles. The highest BCUT2D eigenvalue weighted by Gasteiger charge is 2.07. The Morgan fingerprint density at radius 2 is 1.96 bits per heavy atom. The van der Waals surface area contributed by atoms with E-state index in [-0.39, 0.29) is 0 Å². The summed E-state index contributed by atoms with van der Waals surface area (Å²) >= 11 is 11.1. The van der Waals surface area contributed by atoms with Gasteiger partial charge in [0, 0.05) is 5.02 Å². The summed E-state index contributed by atoms with van der Waals surface area (Å²) in [4.78, 5) is 0. The SMILES string of the molecule is CCOc1cc(/C=N/n2c(C)n[nH]c2=S)ccc1OCc1ccc(Cl)cc1. The van der Waals surface area contributed by atoms with Crippen molar-refractivity contribution in [1.29, 1.82) is 0 Å². The van der Waals surface area contributed by atoms with Crippen LogP contribution in [0.5, 0.6) is 11.5 Å². The molecule has 140 valence electrons. The molecule has 0 unspecified atom stereocenters. The molecule has 3 aromatic rings. The third kappa shape index (κ3) is 4.96. The van der Waals surface area contributed by atoms with Crippen LogP contribution >= 0.6 is 23.8 Å². The molecule has 1 heterocycles. The van der Waals surface area contributed by atoms with Gasteiger partial charge in [0.1, 0.15) is 12.4 Å². The van der Waals surface area contributed by atoms with Gasteiger partial charge in [0.2, 0.25) is 4.77 Å². The van der Waals surface area contributed by atoms with Gasteiger partial charge in [-0.15, -0.1) is 0 Å². The van der Waals surface area contributed by atoms with Crippen molar-refractivity contribution in [2.75, 3.05) is 6.61 Å². The van der Waals surface area contributed by atoms with Gasteiger partial charge in [-0.25, -0.2) is 0 Å². The molecular formula is C19H19ClN4O2S. The lowest BCUT2D eigenvalue weighted by Crippen LogP contribution is -2.01. The van der Waals surface area contributed by atoms with Crippen LogP contribution in [0.1, 0.15) is 23.9 Å². The van der Waals surface area contributed by atoms with E-state index in [9.17, 15) is 0 Å². The molecule has 3 rings (SSSR count). The third-order valence-electron chi connectivity index (χ3n) is 3.71. The van der Waals surface area contributed by atoms with Crippen LogP contribution in [0.25, 0.3) is 0 Å². The minimum Gasteiger partial charge on any atom is -0.490 e. The Morgan fingerprint density at radius 1 is 1.19 bits per heavy atom. The molecule has 0 bridgehead atoms. The van der Waals surface area contributed by atoms with E-state index in [1.807, 2.05) is 56.3 Å². The highest BCUT2D eigenvalue weighted by molar-refractivity contribution is 7.71. The zero-order valence-electron chi connectivity index (χ0n) is 15.0. The number of nitrogens with one attached hydrogen (secondary N) is 1. The van der Waals surface area contributed by atoms with Gasteiger partial charge in [0.25, 0.3) is 0 Å². The highest BCUT2D eigenvalue weighted by Crippen LogP contribution is 2.29. The van der Waals surface area contributed by atoms with E-state index >= 15 is 0 Å². The highest BCUT2D eigenvalue weighted by atomic mass is 35.5. The van der Waals surface area contributed by atoms with Crippen molar-refractivity contribution in [3.05, 3.63) is 69.2 Å². The van der Waals surface area contributed by atoms with E-state index in [0.717, 1.165) is 11.1 Å². The van der Waals surface area contributed by atoms with Gasteiger partial charge in [0.15, 0.2) is 11.5 Å². The fraction of sp³-hybridized carbons (Fsp3) is 0.211. The Bertz CT molecular complexity index is 996. The second kappa shape index (κ2) is 8.83. The molecule has 1 N–H and O–H groups in total. The van der Waals surface area contributed by atoms with Gasteiger partial charge in [-0.2, -0.15) is 14.9 Å². The number of aromatic nitrogens is 3. The molecule has 0 fully saturated rings. The first kappa shape index (κ1) is 19.1. The van der Waals surface area contributed by atoms with Crippen molar-refractivity contribution in [3.8, 4) is 11.5 Å². The smallest absolute Gasteiger partial charge is 0.216 e. The molecule has 0 aliphatic rings. The van der Waals surface area contributed by atoms with Gasteiger partial charge in [-0.1, -0.05) is 23.7 Å². The van der Waals surface area contributed by atoms with Gasteiger partial charge >= 0.3 is 0 Å². The number of aryl methyl sites for hydroxylation is 1. The Hall–Kier alpha value is -2.64. The summed E-state index contributed by atoms with van der Waals surface area (Å²) in [5, 5.41) is 11.8. The van der Waals surface area contributed by atoms with E-state index in [2.05, 4.69) is 15.3 Å². The summed E-state index contributed by atoms with van der Waals surface area (Å²) in [5.74, 6) is 2.01. The minimum absolute atomic E-state index is 0.425. The monoisotopic (exact) mass is 402 g/mol. The number of nitrogens with zero attached hydrogens (tertiary/aromatic N) is 3. The number of H-pyrrole nitrogens is 1. The quantitative estimate of drug-likeness (QED) is 0.457. The molecule has 2 aromatic carbocycles. The fourth-order valence-electron chi connectivity index (χ4n) is 2.37. The fourth-order valence-corrected chi connectivity index (χ4v) is 2.72. The predicted molar refractivity (Wildman–Crippen MR) is 109 cm³/mol. The first-order chi connectivity index (χ1) is 13.1. The Kier molecular flexibility index (Phi) is 6.26. The van der Waals surface area contributed by atoms with E-state index in [1.165, 1.54) is 0 Å². The maximum Gasteiger partial charge on any atom is 0.216 e. The maximum absolute atomic E-state index is 5.91. The van der Waals surface area contributed by atoms with Crippen LogP contribution in [0.4, 0.5) is 0 Å². The summed E-state index contributed by atoms with van der Waals surface area (Å²) in [5.41, 5.74) is 1.89. The molecule has 0 atom stereocenters. The molecule has 0 amide bonds. The minimum atomic E-state index is 0.425. The van der Waals surface area contributed by atoms with E-state index in [1.54, 1.807) is 10.9 Å². The average molecular weight is 403 g/mol. The molecule has 0 aliphatic carbocycles. The van der Waals surface area contributed by atoms with Crippen molar-refractivity contribution in [1.82, 2.24) is 14.9 Å². The van der Waals surface area contributed by atoms with Crippen LogP contribution in [-0.2, 0) is 6.61 Å². The topological polar surface area (TPSA) is 64.4 Å². The summed E-state index contributed by atoms with van der Waals surface area (Å²) in [7, 11) is 0. The molecule has 1 aromatic heterocycles. The van der Waals surface area contributed by atoms with Crippen molar-refractivity contribution in [2.24, 2.45) is 5.10 Å². The van der Waals surface area contributed by atoms with E-state index in [4.69, 9.17) is 33.3 Å². The van der Waals surface area contributed by atoms with Crippen LogP contribution in [0.3, 0.4) is 0 Å². The predicted octanol–water partition coefficient (Wildman–Crippen LogP) is 4.76. The van der Waals surface area contributed by atoms with Crippen molar-refractivity contribution >= 4 is 30.0 Å². The molecular weight excluding hydrogens is 384 g/mol. The van der Waals surface area contributed by atoms with Gasteiger partial charge in [-0.3, -0.25) is 5.10 Å². The number of rotatable bonds is 7. The second-order valence-corrected chi connectivity index (χ2v) is 6.51. The van der Waals surface area contributed by atoms with Gasteiger partial charge < -0.3 is 9.47 Å². The van der Waals surface area contributed by atoms with Crippen LogP contribution in [-0.4, -0.2) is 27.7 Å². The number of hydrogen-bond acceptors (Lipinski definition) is 5. The number of aromatic amines is 1. The average Bonchev–Trinajstić information content (AvgIpc) is 2.99. The zero-order chi connectivity index (χ0) is 19.2. The molecule has 27 heavy (non-hydrogen) atoms. The molecule has 0 spiro atoms. The van der Waals surface area contributed by atoms with Crippen LogP contribution < -0.4 is 9.47 Å². The van der Waals surface area contributed by atoms with Crippen molar-refractivity contribution in [3.63, 3.8) is 0 Å². The lowest BCUT2D eigenvalue weighted by molar-refractivity contribution is 0.269. The van der Waals surface area contributed by atoms with Crippen LogP contribution in [0.15, 0.2) is 47.6 Å². The number of halogens is 1. The maximum atomic E-state index is 5.91. The van der Waals surface area contributed by atoms with Crippen LogP contribution in [0.2, 0.25) is 5.02 Å². The number of hydrogen-bond donors (Lipinski definition) is 1. The van der Waals surface area contributed by atoms with Crippen LogP contribution in [0, 0.1) is 11.7 Å². The van der Waals surface area contributed by atoms with Crippen molar-refractivity contribution in [2.45, 2.75) is 20.5 Å². The first-order valence-electron chi connectivity index (χ1n) is 8.39. The summed E-state index contributed by atoms with van der Waals surface area (Å²) in [6.07, 6.45) is 1.70. The summed E-state index contributed by atoms with van der Waals surface area (Å²) in [6.45, 7) is 4.71. The Balaban J connectivity index is 1.77. The molecule has 0 saturated carbocycles. The summed E-state index contributed by atoms with van der Waals surface area (Å²) < 4.78 is 13.6. The number of benzene rings is 2. The largest absolute Gasteiger partial charge is 0.490 e. The molecule has 0 aliphatic heterocycles. The lowest BCUT2D eigenvalue weighted by Gasteiger charge is -2.12. The molecule has 0 radical (unpaired) electrons. The van der Waals surface area contributed by atoms with Gasteiger partial charge in [0.05, 0.1) is 12.8 Å². The summed E-state index contributed by atoms with van der Waals surface area (Å²) in [6, 6.07) is 13.2. The molecule has 6 nitrogen and oxygen atoms in total. The van der Waals surface area contributed by atoms with E-state index < -0.39 is 0 Å². The second-order valence-electron chi connectivity index (χ2n) is 5.69.